The zero-order chi connectivity index (χ0) is 13.2. The number of hydrogen-bond acceptors (Lipinski definition) is 3. The van der Waals surface area contributed by atoms with Gasteiger partial charge in [0, 0.05) is 0 Å². The van der Waals surface area contributed by atoms with Crippen LogP contribution in [-0.2, 0) is 9.53 Å². The van der Waals surface area contributed by atoms with Crippen LogP contribution in [0.4, 0.5) is 0 Å². The molecule has 4 unspecified atom stereocenters. The topological polar surface area (TPSA) is 52.3 Å². The molecule has 3 nitrogen and oxygen atoms in total. The highest BCUT2D eigenvalue weighted by Crippen LogP contribution is 2.33. The minimum atomic E-state index is -0.713. The number of carbonyl (C=O) groups excluding carboxylic acids is 1. The monoisotopic (exact) mass is 253 g/mol. The highest BCUT2D eigenvalue weighted by molar-refractivity contribution is 5.80. The first-order chi connectivity index (χ1) is 8.51. The van der Waals surface area contributed by atoms with Gasteiger partial charge in [-0.2, -0.15) is 0 Å². The predicted molar refractivity (Wildman–Crippen MR) is 72.1 cm³/mol. The number of esters is 1. The van der Waals surface area contributed by atoms with Crippen LogP contribution in [0.1, 0.15) is 65.2 Å². The van der Waals surface area contributed by atoms with Gasteiger partial charge in [-0.3, -0.25) is 4.79 Å². The highest BCUT2D eigenvalue weighted by Gasteiger charge is 2.41. The number of nitrogens with two attached hydrogens (primary N) is 1. The maximum absolute atomic E-state index is 12.3. The van der Waals surface area contributed by atoms with E-state index in [-0.39, 0.29) is 12.1 Å². The van der Waals surface area contributed by atoms with Crippen molar-refractivity contribution < 1.29 is 9.53 Å². The van der Waals surface area contributed by atoms with E-state index in [1.807, 2.05) is 0 Å². The van der Waals surface area contributed by atoms with Crippen molar-refractivity contribution in [3.05, 3.63) is 0 Å². The standard InChI is InChI=1S/C15H27NO2/c1-11-6-5-9-15(16,10-11)14(17)18-13-8-4-3-7-12(13)2/h11-13H,3-10,16H2,1-2H3. The molecule has 0 radical (unpaired) electrons. The van der Waals surface area contributed by atoms with Crippen LogP contribution in [0.5, 0.6) is 0 Å². The van der Waals surface area contributed by atoms with Gasteiger partial charge in [0.1, 0.15) is 11.6 Å². The minimum absolute atomic E-state index is 0.101. The maximum Gasteiger partial charge on any atom is 0.326 e. The average Bonchev–Trinajstić information content (AvgIpc) is 2.31. The summed E-state index contributed by atoms with van der Waals surface area (Å²) in [6.45, 7) is 4.36. The molecule has 0 aliphatic heterocycles. The molecule has 2 aliphatic carbocycles. The van der Waals surface area contributed by atoms with E-state index < -0.39 is 5.54 Å². The lowest BCUT2D eigenvalue weighted by Crippen LogP contribution is -2.53. The molecule has 2 aliphatic rings. The van der Waals surface area contributed by atoms with Crippen LogP contribution < -0.4 is 5.73 Å². The fourth-order valence-corrected chi connectivity index (χ4v) is 3.49. The molecule has 4 atom stereocenters. The quantitative estimate of drug-likeness (QED) is 0.770. The first-order valence-corrected chi connectivity index (χ1v) is 7.51. The van der Waals surface area contributed by atoms with Crippen molar-refractivity contribution in [3.63, 3.8) is 0 Å². The Morgan fingerprint density at radius 3 is 2.56 bits per heavy atom. The lowest BCUT2D eigenvalue weighted by atomic mass is 9.77. The van der Waals surface area contributed by atoms with Gasteiger partial charge in [0.15, 0.2) is 0 Å². The fraction of sp³-hybridized carbons (Fsp3) is 0.933. The fourth-order valence-electron chi connectivity index (χ4n) is 3.49. The summed E-state index contributed by atoms with van der Waals surface area (Å²) in [6, 6.07) is 0. The zero-order valence-corrected chi connectivity index (χ0v) is 11.8. The largest absolute Gasteiger partial charge is 0.461 e. The molecule has 0 amide bonds. The number of ether oxygens (including phenoxy) is 1. The lowest BCUT2D eigenvalue weighted by molar-refractivity contribution is -0.162. The second-order valence-electron chi connectivity index (χ2n) is 6.56. The number of carbonyl (C=O) groups is 1. The van der Waals surface area contributed by atoms with Crippen molar-refractivity contribution in [3.8, 4) is 0 Å². The van der Waals surface area contributed by atoms with Crippen LogP contribution in [0.2, 0.25) is 0 Å². The average molecular weight is 253 g/mol. The van der Waals surface area contributed by atoms with Gasteiger partial charge in [-0.05, 0) is 43.9 Å². The summed E-state index contributed by atoms with van der Waals surface area (Å²) < 4.78 is 5.73. The summed E-state index contributed by atoms with van der Waals surface area (Å²) in [7, 11) is 0. The van der Waals surface area contributed by atoms with E-state index in [2.05, 4.69) is 13.8 Å². The van der Waals surface area contributed by atoms with Crippen LogP contribution in [0, 0.1) is 11.8 Å². The Labute approximate surface area is 110 Å². The van der Waals surface area contributed by atoms with Crippen molar-refractivity contribution >= 4 is 5.97 Å². The summed E-state index contributed by atoms with van der Waals surface area (Å²) in [5.41, 5.74) is 5.57. The van der Waals surface area contributed by atoms with Gasteiger partial charge in [0.25, 0.3) is 0 Å². The van der Waals surface area contributed by atoms with E-state index in [4.69, 9.17) is 10.5 Å². The van der Waals surface area contributed by atoms with E-state index in [1.54, 1.807) is 0 Å². The van der Waals surface area contributed by atoms with Crippen molar-refractivity contribution in [2.75, 3.05) is 0 Å². The van der Waals surface area contributed by atoms with Crippen molar-refractivity contribution in [2.24, 2.45) is 17.6 Å². The molecule has 0 aromatic carbocycles. The Morgan fingerprint density at radius 1 is 1.17 bits per heavy atom. The second-order valence-corrected chi connectivity index (χ2v) is 6.56. The second kappa shape index (κ2) is 5.60. The molecule has 2 fully saturated rings. The summed E-state index contributed by atoms with van der Waals surface area (Å²) >= 11 is 0. The van der Waals surface area contributed by atoms with Gasteiger partial charge in [-0.15, -0.1) is 0 Å². The van der Waals surface area contributed by atoms with E-state index in [1.165, 1.54) is 25.7 Å². The third-order valence-corrected chi connectivity index (χ3v) is 4.73. The van der Waals surface area contributed by atoms with Crippen molar-refractivity contribution in [1.82, 2.24) is 0 Å². The molecular weight excluding hydrogens is 226 g/mol. The molecule has 0 saturated heterocycles. The lowest BCUT2D eigenvalue weighted by Gasteiger charge is -2.37. The van der Waals surface area contributed by atoms with Crippen molar-refractivity contribution in [2.45, 2.75) is 76.9 Å². The molecule has 18 heavy (non-hydrogen) atoms. The molecule has 3 heteroatoms. The molecule has 2 rings (SSSR count). The predicted octanol–water partition coefficient (Wildman–Crippen LogP) is 3.02. The third-order valence-electron chi connectivity index (χ3n) is 4.73. The van der Waals surface area contributed by atoms with E-state index in [0.29, 0.717) is 11.8 Å². The summed E-state index contributed by atoms with van der Waals surface area (Å²) in [5, 5.41) is 0. The minimum Gasteiger partial charge on any atom is -0.461 e. The van der Waals surface area contributed by atoms with E-state index in [0.717, 1.165) is 25.7 Å². The molecule has 0 aromatic heterocycles. The molecule has 2 N–H and O–H groups in total. The van der Waals surface area contributed by atoms with E-state index in [9.17, 15) is 4.79 Å². The Balaban J connectivity index is 1.93. The summed E-state index contributed by atoms with van der Waals surface area (Å²) in [5.74, 6) is 0.889. The van der Waals surface area contributed by atoms with Gasteiger partial charge in [-0.1, -0.05) is 33.1 Å². The van der Waals surface area contributed by atoms with Crippen LogP contribution >= 0.6 is 0 Å². The Hall–Kier alpha value is -0.570. The first kappa shape index (κ1) is 13.9. The maximum atomic E-state index is 12.3. The van der Waals surface area contributed by atoms with Gasteiger partial charge >= 0.3 is 5.97 Å². The zero-order valence-electron chi connectivity index (χ0n) is 11.8. The van der Waals surface area contributed by atoms with Gasteiger partial charge in [0.2, 0.25) is 0 Å². The Kier molecular flexibility index (Phi) is 4.31. The normalized spacial score (nSPS) is 41.4. The van der Waals surface area contributed by atoms with Crippen LogP contribution in [-0.4, -0.2) is 17.6 Å². The molecule has 0 heterocycles. The van der Waals surface area contributed by atoms with Gasteiger partial charge in [0.05, 0.1) is 0 Å². The summed E-state index contributed by atoms with van der Waals surface area (Å²) in [4.78, 5) is 12.3. The van der Waals surface area contributed by atoms with Crippen LogP contribution in [0.25, 0.3) is 0 Å². The molecule has 0 bridgehead atoms. The SMILES string of the molecule is CC1CCCC(N)(C(=O)OC2CCCCC2C)C1. The molecule has 0 spiro atoms. The van der Waals surface area contributed by atoms with Crippen LogP contribution in [0.3, 0.4) is 0 Å². The smallest absolute Gasteiger partial charge is 0.326 e. The molecule has 2 saturated carbocycles. The Morgan fingerprint density at radius 2 is 1.89 bits per heavy atom. The first-order valence-electron chi connectivity index (χ1n) is 7.51. The Bertz CT molecular complexity index is 305. The number of rotatable bonds is 2. The van der Waals surface area contributed by atoms with Crippen LogP contribution in [0.15, 0.2) is 0 Å². The number of hydrogen-bond donors (Lipinski definition) is 1. The van der Waals surface area contributed by atoms with Crippen molar-refractivity contribution in [1.29, 1.82) is 0 Å². The summed E-state index contributed by atoms with van der Waals surface area (Å²) in [6.07, 6.45) is 8.54. The third kappa shape index (κ3) is 3.05. The molecular formula is C15H27NO2. The van der Waals surface area contributed by atoms with Gasteiger partial charge < -0.3 is 10.5 Å². The molecule has 0 aromatic rings. The highest BCUT2D eigenvalue weighted by atomic mass is 16.5. The molecule has 104 valence electrons. The van der Waals surface area contributed by atoms with E-state index >= 15 is 0 Å². The van der Waals surface area contributed by atoms with Gasteiger partial charge in [-0.25, -0.2) is 0 Å².